The lowest BCUT2D eigenvalue weighted by molar-refractivity contribution is -0.144. The van der Waals surface area contributed by atoms with Crippen molar-refractivity contribution in [2.24, 2.45) is 0 Å². The van der Waals surface area contributed by atoms with Crippen LogP contribution in [0, 0.1) is 0 Å². The third-order valence-electron chi connectivity index (χ3n) is 1.74. The molecular formula is C10H20N2O3. The summed E-state index contributed by atoms with van der Waals surface area (Å²) in [5.74, 6) is -0.426. The maximum Gasteiger partial charge on any atom is 0.306 e. The molecule has 0 aromatic heterocycles. The van der Waals surface area contributed by atoms with E-state index in [2.05, 4.69) is 5.32 Å². The van der Waals surface area contributed by atoms with Crippen molar-refractivity contribution in [2.45, 2.75) is 19.8 Å². The molecule has 0 aliphatic carbocycles. The van der Waals surface area contributed by atoms with Crippen LogP contribution in [0.2, 0.25) is 0 Å². The van der Waals surface area contributed by atoms with Gasteiger partial charge in [-0.15, -0.1) is 0 Å². The van der Waals surface area contributed by atoms with Crippen molar-refractivity contribution in [2.75, 3.05) is 33.8 Å². The molecule has 0 aliphatic heterocycles. The van der Waals surface area contributed by atoms with E-state index in [1.165, 1.54) is 0 Å². The van der Waals surface area contributed by atoms with E-state index in [1.54, 1.807) is 6.92 Å². The van der Waals surface area contributed by atoms with Gasteiger partial charge in [0.25, 0.3) is 0 Å². The predicted molar refractivity (Wildman–Crippen MR) is 57.4 cm³/mol. The lowest BCUT2D eigenvalue weighted by Crippen LogP contribution is -2.31. The molecule has 0 heterocycles. The van der Waals surface area contributed by atoms with Crippen LogP contribution in [0.25, 0.3) is 0 Å². The van der Waals surface area contributed by atoms with Gasteiger partial charge >= 0.3 is 5.97 Å². The van der Waals surface area contributed by atoms with E-state index in [4.69, 9.17) is 4.74 Å². The molecule has 0 saturated heterocycles. The minimum atomic E-state index is -0.319. The van der Waals surface area contributed by atoms with Gasteiger partial charge in [-0.3, -0.25) is 9.59 Å². The Bertz CT molecular complexity index is 205. The van der Waals surface area contributed by atoms with Crippen molar-refractivity contribution in [3.63, 3.8) is 0 Å². The predicted octanol–water partition coefficient (Wildman–Crippen LogP) is 0.00750. The average Bonchev–Trinajstić information content (AvgIpc) is 2.14. The summed E-state index contributed by atoms with van der Waals surface area (Å²) in [5.41, 5.74) is 0. The number of esters is 1. The minimum absolute atomic E-state index is 0.107. The van der Waals surface area contributed by atoms with E-state index in [9.17, 15) is 9.59 Å². The van der Waals surface area contributed by atoms with Gasteiger partial charge < -0.3 is 15.0 Å². The SMILES string of the molecule is CCOC(=O)CCC(=O)NCCN(C)C. The van der Waals surface area contributed by atoms with Crippen molar-refractivity contribution in [3.8, 4) is 0 Å². The van der Waals surface area contributed by atoms with Gasteiger partial charge in [0.05, 0.1) is 13.0 Å². The molecule has 0 aromatic rings. The first-order valence-electron chi connectivity index (χ1n) is 5.13. The van der Waals surface area contributed by atoms with Crippen LogP contribution in [-0.2, 0) is 14.3 Å². The second-order valence-electron chi connectivity index (χ2n) is 3.46. The fourth-order valence-electron chi connectivity index (χ4n) is 0.956. The van der Waals surface area contributed by atoms with Crippen LogP contribution in [0.4, 0.5) is 0 Å². The molecule has 0 bridgehead atoms. The molecule has 0 aliphatic rings. The van der Waals surface area contributed by atoms with Gasteiger partial charge in [-0.2, -0.15) is 0 Å². The van der Waals surface area contributed by atoms with Gasteiger partial charge in [-0.05, 0) is 21.0 Å². The van der Waals surface area contributed by atoms with E-state index >= 15 is 0 Å². The summed E-state index contributed by atoms with van der Waals surface area (Å²) in [6, 6.07) is 0. The summed E-state index contributed by atoms with van der Waals surface area (Å²) in [5, 5.41) is 2.72. The first-order chi connectivity index (χ1) is 7.06. The smallest absolute Gasteiger partial charge is 0.306 e. The quantitative estimate of drug-likeness (QED) is 0.609. The Kier molecular flexibility index (Phi) is 7.62. The number of nitrogens with zero attached hydrogens (tertiary/aromatic N) is 1. The Balaban J connectivity index is 3.45. The van der Waals surface area contributed by atoms with E-state index < -0.39 is 0 Å². The molecule has 15 heavy (non-hydrogen) atoms. The second kappa shape index (κ2) is 8.23. The fraction of sp³-hybridized carbons (Fsp3) is 0.800. The van der Waals surface area contributed by atoms with Crippen LogP contribution < -0.4 is 5.32 Å². The standard InChI is InChI=1S/C10H20N2O3/c1-4-15-10(14)6-5-9(13)11-7-8-12(2)3/h4-8H2,1-3H3,(H,11,13). The van der Waals surface area contributed by atoms with Gasteiger partial charge in [-0.25, -0.2) is 0 Å². The molecule has 0 radical (unpaired) electrons. The third-order valence-corrected chi connectivity index (χ3v) is 1.74. The third kappa shape index (κ3) is 9.21. The summed E-state index contributed by atoms with van der Waals surface area (Å²) in [4.78, 5) is 24.1. The summed E-state index contributed by atoms with van der Waals surface area (Å²) >= 11 is 0. The Labute approximate surface area is 90.8 Å². The highest BCUT2D eigenvalue weighted by Crippen LogP contribution is 1.92. The van der Waals surface area contributed by atoms with Crippen molar-refractivity contribution in [1.29, 1.82) is 0 Å². The molecule has 0 saturated carbocycles. The maximum atomic E-state index is 11.2. The van der Waals surface area contributed by atoms with Gasteiger partial charge in [0, 0.05) is 19.5 Å². The number of amides is 1. The Morgan fingerprint density at radius 2 is 1.93 bits per heavy atom. The van der Waals surface area contributed by atoms with E-state index in [-0.39, 0.29) is 24.7 Å². The van der Waals surface area contributed by atoms with Crippen LogP contribution in [0.5, 0.6) is 0 Å². The molecule has 88 valence electrons. The van der Waals surface area contributed by atoms with Crippen LogP contribution in [0.15, 0.2) is 0 Å². The number of carbonyl (C=O) groups is 2. The molecule has 1 amide bonds. The number of hydrogen-bond acceptors (Lipinski definition) is 4. The number of hydrogen-bond donors (Lipinski definition) is 1. The molecular weight excluding hydrogens is 196 g/mol. The highest BCUT2D eigenvalue weighted by Gasteiger charge is 2.06. The number of ether oxygens (including phenoxy) is 1. The number of carbonyl (C=O) groups excluding carboxylic acids is 2. The van der Waals surface area contributed by atoms with Crippen molar-refractivity contribution in [1.82, 2.24) is 10.2 Å². The van der Waals surface area contributed by atoms with Gasteiger partial charge in [0.2, 0.25) is 5.91 Å². The van der Waals surface area contributed by atoms with Crippen LogP contribution in [0.3, 0.4) is 0 Å². The average molecular weight is 216 g/mol. The number of rotatable bonds is 7. The van der Waals surface area contributed by atoms with E-state index in [0.29, 0.717) is 13.2 Å². The zero-order valence-corrected chi connectivity index (χ0v) is 9.71. The minimum Gasteiger partial charge on any atom is -0.466 e. The van der Waals surface area contributed by atoms with Crippen molar-refractivity contribution < 1.29 is 14.3 Å². The molecule has 0 aromatic carbocycles. The van der Waals surface area contributed by atoms with Crippen molar-refractivity contribution >= 4 is 11.9 Å². The zero-order chi connectivity index (χ0) is 11.7. The monoisotopic (exact) mass is 216 g/mol. The first kappa shape index (κ1) is 13.9. The highest BCUT2D eigenvalue weighted by molar-refractivity contribution is 5.81. The number of nitrogens with one attached hydrogen (secondary N) is 1. The Morgan fingerprint density at radius 1 is 1.27 bits per heavy atom. The molecule has 5 nitrogen and oxygen atoms in total. The largest absolute Gasteiger partial charge is 0.466 e. The summed E-state index contributed by atoms with van der Waals surface area (Å²) in [6.07, 6.45) is 0.355. The fourth-order valence-corrected chi connectivity index (χ4v) is 0.956. The van der Waals surface area contributed by atoms with Crippen molar-refractivity contribution in [3.05, 3.63) is 0 Å². The number of likely N-dealkylation sites (N-methyl/N-ethyl adjacent to an activating group) is 1. The summed E-state index contributed by atoms with van der Waals surface area (Å²) in [6.45, 7) is 3.51. The van der Waals surface area contributed by atoms with Gasteiger partial charge in [0.1, 0.15) is 0 Å². The first-order valence-corrected chi connectivity index (χ1v) is 5.13. The zero-order valence-electron chi connectivity index (χ0n) is 9.71. The summed E-state index contributed by atoms with van der Waals surface area (Å²) < 4.78 is 4.71. The Hall–Kier alpha value is -1.10. The van der Waals surface area contributed by atoms with Crippen LogP contribution in [-0.4, -0.2) is 50.6 Å². The molecule has 0 fully saturated rings. The van der Waals surface area contributed by atoms with Crippen LogP contribution >= 0.6 is 0 Å². The topological polar surface area (TPSA) is 58.6 Å². The van der Waals surface area contributed by atoms with Crippen LogP contribution in [0.1, 0.15) is 19.8 Å². The molecule has 0 rings (SSSR count). The second-order valence-corrected chi connectivity index (χ2v) is 3.46. The van der Waals surface area contributed by atoms with Gasteiger partial charge in [-0.1, -0.05) is 0 Å². The Morgan fingerprint density at radius 3 is 2.47 bits per heavy atom. The molecule has 0 spiro atoms. The lowest BCUT2D eigenvalue weighted by Gasteiger charge is -2.10. The normalized spacial score (nSPS) is 10.1. The van der Waals surface area contributed by atoms with E-state index in [0.717, 1.165) is 6.54 Å². The van der Waals surface area contributed by atoms with Gasteiger partial charge in [0.15, 0.2) is 0 Å². The molecule has 0 atom stereocenters. The maximum absolute atomic E-state index is 11.2. The highest BCUT2D eigenvalue weighted by atomic mass is 16.5. The lowest BCUT2D eigenvalue weighted by atomic mass is 10.3. The molecule has 1 N–H and O–H groups in total. The molecule has 5 heteroatoms. The summed E-state index contributed by atoms with van der Waals surface area (Å²) in [7, 11) is 3.87. The van der Waals surface area contributed by atoms with E-state index in [1.807, 2.05) is 19.0 Å². The molecule has 0 unspecified atom stereocenters.